The Morgan fingerprint density at radius 1 is 1.32 bits per heavy atom. The van der Waals surface area contributed by atoms with Gasteiger partial charge in [0.05, 0.1) is 12.7 Å². The lowest BCUT2D eigenvalue weighted by Crippen LogP contribution is -2.26. The topological polar surface area (TPSA) is 35.5 Å². The number of rotatable bonds is 6. The van der Waals surface area contributed by atoms with E-state index in [1.807, 2.05) is 12.1 Å². The Morgan fingerprint density at radius 2 is 2.16 bits per heavy atom. The number of hydrogen-bond acceptors (Lipinski definition) is 3. The first kappa shape index (κ1) is 13.9. The van der Waals surface area contributed by atoms with E-state index in [1.165, 1.54) is 19.3 Å². The molecule has 1 aromatic rings. The maximum absolute atomic E-state index is 12.1. The van der Waals surface area contributed by atoms with Crippen molar-refractivity contribution < 1.29 is 14.3 Å². The van der Waals surface area contributed by atoms with Gasteiger partial charge in [-0.1, -0.05) is 26.2 Å². The molecule has 0 bridgehead atoms. The van der Waals surface area contributed by atoms with Gasteiger partial charge in [0, 0.05) is 12.5 Å². The zero-order chi connectivity index (χ0) is 13.7. The minimum absolute atomic E-state index is 0.0314. The Hall–Kier alpha value is -1.51. The predicted molar refractivity (Wildman–Crippen MR) is 75.1 cm³/mol. The fraction of sp³-hybridized carbons (Fsp3) is 0.562. The average molecular weight is 262 g/mol. The van der Waals surface area contributed by atoms with Gasteiger partial charge in [0.1, 0.15) is 17.6 Å². The van der Waals surface area contributed by atoms with E-state index in [0.717, 1.165) is 18.6 Å². The highest BCUT2D eigenvalue weighted by Crippen LogP contribution is 2.32. The molecule has 0 saturated heterocycles. The number of carbonyl (C=O) groups excluding carboxylic acids is 1. The molecule has 1 aromatic carbocycles. The quantitative estimate of drug-likeness (QED) is 0.727. The van der Waals surface area contributed by atoms with Crippen LogP contribution >= 0.6 is 0 Å². The summed E-state index contributed by atoms with van der Waals surface area (Å²) in [7, 11) is 1.62. The number of hydrogen-bond donors (Lipinski definition) is 0. The van der Waals surface area contributed by atoms with Crippen LogP contribution in [0.25, 0.3) is 0 Å². The van der Waals surface area contributed by atoms with Gasteiger partial charge in [-0.2, -0.15) is 0 Å². The molecule has 0 fully saturated rings. The van der Waals surface area contributed by atoms with Crippen molar-refractivity contribution in [1.29, 1.82) is 0 Å². The molecule has 1 heterocycles. The van der Waals surface area contributed by atoms with E-state index in [9.17, 15) is 4.79 Å². The lowest BCUT2D eigenvalue weighted by atomic mass is 9.97. The lowest BCUT2D eigenvalue weighted by Gasteiger charge is -2.25. The molecular formula is C16H22O3. The molecule has 104 valence electrons. The molecule has 1 aliphatic heterocycles. The van der Waals surface area contributed by atoms with E-state index in [1.54, 1.807) is 13.2 Å². The van der Waals surface area contributed by atoms with Crippen molar-refractivity contribution >= 4 is 5.78 Å². The number of carbonyl (C=O) groups is 1. The summed E-state index contributed by atoms with van der Waals surface area (Å²) in [6.07, 6.45) is 6.33. The lowest BCUT2D eigenvalue weighted by molar-refractivity contribution is 0.0834. The van der Waals surface area contributed by atoms with Crippen LogP contribution in [0.2, 0.25) is 0 Å². The fourth-order valence-electron chi connectivity index (χ4n) is 2.46. The molecule has 3 heteroatoms. The summed E-state index contributed by atoms with van der Waals surface area (Å²) in [5.41, 5.74) is 0.686. The molecule has 0 saturated carbocycles. The first-order valence-corrected chi connectivity index (χ1v) is 7.12. The Morgan fingerprint density at radius 3 is 2.89 bits per heavy atom. The summed E-state index contributed by atoms with van der Waals surface area (Å²) < 4.78 is 11.1. The number of methoxy groups -OCH3 is 1. The fourth-order valence-corrected chi connectivity index (χ4v) is 2.46. The van der Waals surface area contributed by atoms with Crippen molar-refractivity contribution in [1.82, 2.24) is 0 Å². The second-order valence-electron chi connectivity index (χ2n) is 5.08. The third-order valence-electron chi connectivity index (χ3n) is 3.58. The van der Waals surface area contributed by atoms with Crippen LogP contribution in [0.5, 0.6) is 11.5 Å². The average Bonchev–Trinajstić information content (AvgIpc) is 2.43. The maximum atomic E-state index is 12.1. The van der Waals surface area contributed by atoms with Crippen LogP contribution in [0.1, 0.15) is 55.8 Å². The molecule has 1 atom stereocenters. The highest BCUT2D eigenvalue weighted by Gasteiger charge is 2.26. The van der Waals surface area contributed by atoms with Crippen LogP contribution in [0, 0.1) is 0 Å². The molecular weight excluding hydrogens is 240 g/mol. The van der Waals surface area contributed by atoms with Gasteiger partial charge in [-0.05, 0) is 25.0 Å². The zero-order valence-electron chi connectivity index (χ0n) is 11.8. The van der Waals surface area contributed by atoms with Gasteiger partial charge < -0.3 is 9.47 Å². The minimum atomic E-state index is 0.0314. The van der Waals surface area contributed by atoms with Crippen LogP contribution in [-0.2, 0) is 0 Å². The second-order valence-corrected chi connectivity index (χ2v) is 5.08. The summed E-state index contributed by atoms with van der Waals surface area (Å²) in [6, 6.07) is 5.41. The molecule has 1 unspecified atom stereocenters. The van der Waals surface area contributed by atoms with Crippen molar-refractivity contribution in [3.8, 4) is 11.5 Å². The normalized spacial score (nSPS) is 17.8. The number of ketones is 1. The molecule has 1 aliphatic rings. The molecule has 0 amide bonds. The van der Waals surface area contributed by atoms with E-state index in [-0.39, 0.29) is 11.9 Å². The zero-order valence-corrected chi connectivity index (χ0v) is 11.8. The summed E-state index contributed by atoms with van der Waals surface area (Å²) in [6.45, 7) is 2.20. The SMILES string of the molecule is CCCCCCC1CC(=O)c2ccc(OC)cc2O1. The largest absolute Gasteiger partial charge is 0.497 e. The van der Waals surface area contributed by atoms with E-state index < -0.39 is 0 Å². The first-order valence-electron chi connectivity index (χ1n) is 7.12. The van der Waals surface area contributed by atoms with Gasteiger partial charge >= 0.3 is 0 Å². The van der Waals surface area contributed by atoms with Gasteiger partial charge in [-0.15, -0.1) is 0 Å². The van der Waals surface area contributed by atoms with E-state index >= 15 is 0 Å². The van der Waals surface area contributed by atoms with Gasteiger partial charge in [0.25, 0.3) is 0 Å². The highest BCUT2D eigenvalue weighted by molar-refractivity contribution is 6.00. The number of fused-ring (bicyclic) bond motifs is 1. The molecule has 0 N–H and O–H groups in total. The molecule has 0 aliphatic carbocycles. The number of unbranched alkanes of at least 4 members (excludes halogenated alkanes) is 3. The number of ether oxygens (including phenoxy) is 2. The second kappa shape index (κ2) is 6.60. The van der Waals surface area contributed by atoms with Crippen molar-refractivity contribution in [3.63, 3.8) is 0 Å². The van der Waals surface area contributed by atoms with Crippen molar-refractivity contribution in [2.24, 2.45) is 0 Å². The van der Waals surface area contributed by atoms with Crippen LogP contribution in [-0.4, -0.2) is 19.0 Å². The minimum Gasteiger partial charge on any atom is -0.497 e. The van der Waals surface area contributed by atoms with Gasteiger partial charge in [-0.25, -0.2) is 0 Å². The third kappa shape index (κ3) is 3.49. The van der Waals surface area contributed by atoms with Gasteiger partial charge in [0.15, 0.2) is 5.78 Å². The van der Waals surface area contributed by atoms with E-state index in [4.69, 9.17) is 9.47 Å². The summed E-state index contributed by atoms with van der Waals surface area (Å²) in [5.74, 6) is 1.60. The standard InChI is InChI=1S/C16H22O3/c1-3-4-5-6-7-13-10-15(17)14-9-8-12(18-2)11-16(14)19-13/h8-9,11,13H,3-7,10H2,1-2H3. The van der Waals surface area contributed by atoms with E-state index in [0.29, 0.717) is 17.7 Å². The van der Waals surface area contributed by atoms with Gasteiger partial charge in [-0.3, -0.25) is 4.79 Å². The summed E-state index contributed by atoms with van der Waals surface area (Å²) >= 11 is 0. The van der Waals surface area contributed by atoms with Crippen molar-refractivity contribution in [3.05, 3.63) is 23.8 Å². The van der Waals surface area contributed by atoms with E-state index in [2.05, 4.69) is 6.92 Å². The maximum Gasteiger partial charge on any atom is 0.170 e. The van der Waals surface area contributed by atoms with Crippen molar-refractivity contribution in [2.75, 3.05) is 7.11 Å². The Balaban J connectivity index is 1.99. The van der Waals surface area contributed by atoms with Crippen LogP contribution in [0.4, 0.5) is 0 Å². The predicted octanol–water partition coefficient (Wildman–Crippen LogP) is 4.00. The molecule has 0 radical (unpaired) electrons. The van der Waals surface area contributed by atoms with Gasteiger partial charge in [0.2, 0.25) is 0 Å². The van der Waals surface area contributed by atoms with Crippen molar-refractivity contribution in [2.45, 2.75) is 51.6 Å². The Labute approximate surface area is 114 Å². The molecule has 19 heavy (non-hydrogen) atoms. The monoisotopic (exact) mass is 262 g/mol. The smallest absolute Gasteiger partial charge is 0.170 e. The first-order chi connectivity index (χ1) is 9.24. The summed E-state index contributed by atoms with van der Waals surface area (Å²) in [4.78, 5) is 12.1. The highest BCUT2D eigenvalue weighted by atomic mass is 16.5. The molecule has 0 aromatic heterocycles. The number of Topliss-reactive ketones (excluding diaryl/α,β-unsaturated/α-hetero) is 1. The number of benzene rings is 1. The molecule has 3 nitrogen and oxygen atoms in total. The Bertz CT molecular complexity index is 440. The summed E-state index contributed by atoms with van der Waals surface area (Å²) in [5, 5.41) is 0. The van der Waals surface area contributed by atoms with Crippen LogP contribution in [0.15, 0.2) is 18.2 Å². The third-order valence-corrected chi connectivity index (χ3v) is 3.58. The molecule has 0 spiro atoms. The Kier molecular flexibility index (Phi) is 4.83. The van der Waals surface area contributed by atoms with Crippen LogP contribution in [0.3, 0.4) is 0 Å². The van der Waals surface area contributed by atoms with Crippen LogP contribution < -0.4 is 9.47 Å². The molecule has 2 rings (SSSR count).